The number of carbonyl (C=O) groups is 2. The van der Waals surface area contributed by atoms with Crippen molar-refractivity contribution in [2.75, 3.05) is 6.61 Å². The number of ether oxygens (including phenoxy) is 1. The van der Waals surface area contributed by atoms with Crippen LogP contribution in [0, 0.1) is 13.8 Å². The van der Waals surface area contributed by atoms with Crippen molar-refractivity contribution >= 4 is 35.0 Å². The summed E-state index contributed by atoms with van der Waals surface area (Å²) in [6.07, 6.45) is 1.10. The van der Waals surface area contributed by atoms with E-state index in [0.717, 1.165) is 23.1 Å². The molecule has 0 bridgehead atoms. The zero-order valence-electron chi connectivity index (χ0n) is 21.8. The predicted octanol–water partition coefficient (Wildman–Crippen LogP) is 6.54. The molecule has 2 amide bonds. The van der Waals surface area contributed by atoms with E-state index in [1.54, 1.807) is 18.2 Å². The number of nitrogens with one attached hydrogen (secondary N) is 1. The van der Waals surface area contributed by atoms with Crippen LogP contribution >= 0.6 is 23.2 Å². The summed E-state index contributed by atoms with van der Waals surface area (Å²) in [5, 5.41) is 3.91. The van der Waals surface area contributed by atoms with Crippen molar-refractivity contribution < 1.29 is 14.3 Å². The molecule has 3 aromatic rings. The van der Waals surface area contributed by atoms with Gasteiger partial charge in [-0.25, -0.2) is 0 Å². The van der Waals surface area contributed by atoms with Gasteiger partial charge in [0, 0.05) is 34.6 Å². The Morgan fingerprint density at radius 2 is 1.62 bits per heavy atom. The summed E-state index contributed by atoms with van der Waals surface area (Å²) in [5.74, 6) is 0.0196. The van der Waals surface area contributed by atoms with Gasteiger partial charge in [-0.2, -0.15) is 0 Å². The fourth-order valence-corrected chi connectivity index (χ4v) is 4.40. The second-order valence-corrected chi connectivity index (χ2v) is 10.1. The van der Waals surface area contributed by atoms with E-state index in [-0.39, 0.29) is 31.0 Å². The van der Waals surface area contributed by atoms with Gasteiger partial charge in [-0.15, -0.1) is 0 Å². The molecule has 0 saturated carbocycles. The van der Waals surface area contributed by atoms with Crippen molar-refractivity contribution in [2.45, 2.75) is 59.2 Å². The zero-order valence-corrected chi connectivity index (χ0v) is 23.3. The highest BCUT2D eigenvalue weighted by molar-refractivity contribution is 6.36. The van der Waals surface area contributed by atoms with Crippen molar-refractivity contribution in [1.29, 1.82) is 0 Å². The maximum atomic E-state index is 13.7. The average molecular weight is 542 g/mol. The van der Waals surface area contributed by atoms with E-state index in [4.69, 9.17) is 27.9 Å². The molecule has 196 valence electrons. The summed E-state index contributed by atoms with van der Waals surface area (Å²) in [6, 6.07) is 19.7. The summed E-state index contributed by atoms with van der Waals surface area (Å²) in [7, 11) is 0. The molecule has 0 fully saturated rings. The van der Waals surface area contributed by atoms with Crippen LogP contribution in [0.2, 0.25) is 10.0 Å². The summed E-state index contributed by atoms with van der Waals surface area (Å²) in [5.41, 5.74) is 3.72. The van der Waals surface area contributed by atoms with Gasteiger partial charge < -0.3 is 15.0 Å². The molecule has 37 heavy (non-hydrogen) atoms. The molecule has 0 unspecified atom stereocenters. The van der Waals surface area contributed by atoms with E-state index in [0.29, 0.717) is 27.8 Å². The Hall–Kier alpha value is -3.02. The lowest BCUT2D eigenvalue weighted by molar-refractivity contribution is -0.143. The topological polar surface area (TPSA) is 58.6 Å². The summed E-state index contributed by atoms with van der Waals surface area (Å²) < 4.78 is 5.88. The molecule has 0 heterocycles. The molecule has 0 aliphatic rings. The number of hydrogen-bond acceptors (Lipinski definition) is 3. The highest BCUT2D eigenvalue weighted by Gasteiger charge is 2.32. The smallest absolute Gasteiger partial charge is 0.261 e. The Kier molecular flexibility index (Phi) is 10.4. The van der Waals surface area contributed by atoms with Crippen LogP contribution in [0.25, 0.3) is 0 Å². The normalized spacial score (nSPS) is 12.5. The van der Waals surface area contributed by atoms with Crippen molar-refractivity contribution in [3.05, 3.63) is 99.0 Å². The van der Waals surface area contributed by atoms with Crippen LogP contribution in [0.15, 0.2) is 66.7 Å². The minimum atomic E-state index is -0.792. The van der Waals surface area contributed by atoms with Crippen LogP contribution in [0.1, 0.15) is 42.5 Å². The Morgan fingerprint density at radius 1 is 0.946 bits per heavy atom. The van der Waals surface area contributed by atoms with Crippen LogP contribution < -0.4 is 10.1 Å². The Morgan fingerprint density at radius 3 is 2.24 bits per heavy atom. The van der Waals surface area contributed by atoms with E-state index in [1.807, 2.05) is 76.2 Å². The van der Waals surface area contributed by atoms with Crippen molar-refractivity contribution in [3.8, 4) is 5.75 Å². The van der Waals surface area contributed by atoms with E-state index in [1.165, 1.54) is 4.90 Å². The molecule has 0 spiro atoms. The van der Waals surface area contributed by atoms with Gasteiger partial charge >= 0.3 is 0 Å². The SMILES string of the molecule is CC[C@H](C)NC(=O)[C@@H](Cc1ccccc1)N(Cc1c(Cl)cccc1Cl)C(=O)COc1ccc(C)c(C)c1. The number of benzene rings is 3. The summed E-state index contributed by atoms with van der Waals surface area (Å²) in [4.78, 5) is 28.8. The van der Waals surface area contributed by atoms with Crippen molar-refractivity contribution in [2.24, 2.45) is 0 Å². The maximum absolute atomic E-state index is 13.7. The highest BCUT2D eigenvalue weighted by Crippen LogP contribution is 2.27. The van der Waals surface area contributed by atoms with Gasteiger partial charge in [0.1, 0.15) is 11.8 Å². The minimum absolute atomic E-state index is 0.0431. The third-order valence-corrected chi connectivity index (χ3v) is 7.21. The van der Waals surface area contributed by atoms with Gasteiger partial charge in [-0.05, 0) is 68.1 Å². The van der Waals surface area contributed by atoms with Gasteiger partial charge in [0.05, 0.1) is 0 Å². The van der Waals surface area contributed by atoms with Gasteiger partial charge in [0.2, 0.25) is 5.91 Å². The number of amides is 2. The van der Waals surface area contributed by atoms with E-state index in [9.17, 15) is 9.59 Å². The first-order valence-corrected chi connectivity index (χ1v) is 13.2. The molecule has 2 atom stereocenters. The number of aryl methyl sites for hydroxylation is 2. The van der Waals surface area contributed by atoms with Crippen LogP contribution in [0.4, 0.5) is 0 Å². The number of rotatable bonds is 11. The summed E-state index contributed by atoms with van der Waals surface area (Å²) >= 11 is 13.0. The quantitative estimate of drug-likeness (QED) is 0.300. The summed E-state index contributed by atoms with van der Waals surface area (Å²) in [6.45, 7) is 7.79. The van der Waals surface area contributed by atoms with Crippen molar-refractivity contribution in [1.82, 2.24) is 10.2 Å². The van der Waals surface area contributed by atoms with Gasteiger partial charge in [0.15, 0.2) is 6.61 Å². The first-order valence-electron chi connectivity index (χ1n) is 12.5. The molecular weight excluding hydrogens is 507 g/mol. The molecule has 0 radical (unpaired) electrons. The first kappa shape index (κ1) is 28.5. The van der Waals surface area contributed by atoms with Crippen molar-refractivity contribution in [3.63, 3.8) is 0 Å². The Balaban J connectivity index is 1.96. The van der Waals surface area contributed by atoms with Gasteiger partial charge in [-0.1, -0.05) is 72.6 Å². The molecule has 0 aliphatic heterocycles. The standard InChI is InChI=1S/C30H34Cl2N2O3/c1-5-22(4)33-30(36)28(17-23-10-7-6-8-11-23)34(18-25-26(31)12-9-13-27(25)32)29(35)19-37-24-15-14-20(2)21(3)16-24/h6-16,22,28H,5,17-19H2,1-4H3,(H,33,36)/t22-,28+/m0/s1. The molecule has 0 saturated heterocycles. The van der Waals surface area contributed by atoms with E-state index in [2.05, 4.69) is 5.32 Å². The maximum Gasteiger partial charge on any atom is 0.261 e. The van der Waals surface area contributed by atoms with Crippen LogP contribution in [0.5, 0.6) is 5.75 Å². The van der Waals surface area contributed by atoms with Gasteiger partial charge in [-0.3, -0.25) is 9.59 Å². The number of hydrogen-bond donors (Lipinski definition) is 1. The Labute approximate surface area is 229 Å². The average Bonchev–Trinajstić information content (AvgIpc) is 2.88. The fraction of sp³-hybridized carbons (Fsp3) is 0.333. The molecule has 0 aromatic heterocycles. The monoisotopic (exact) mass is 540 g/mol. The molecule has 1 N–H and O–H groups in total. The van der Waals surface area contributed by atoms with Crippen LogP contribution in [-0.4, -0.2) is 35.4 Å². The van der Waals surface area contributed by atoms with Gasteiger partial charge in [0.25, 0.3) is 5.91 Å². The number of carbonyl (C=O) groups excluding carboxylic acids is 2. The fourth-order valence-electron chi connectivity index (χ4n) is 3.88. The molecule has 7 heteroatoms. The van der Waals surface area contributed by atoms with E-state index < -0.39 is 6.04 Å². The molecule has 5 nitrogen and oxygen atoms in total. The third kappa shape index (κ3) is 7.98. The predicted molar refractivity (Wildman–Crippen MR) is 150 cm³/mol. The molecule has 0 aliphatic carbocycles. The largest absolute Gasteiger partial charge is 0.484 e. The number of nitrogens with zero attached hydrogens (tertiary/aromatic N) is 1. The lowest BCUT2D eigenvalue weighted by Gasteiger charge is -2.32. The first-order chi connectivity index (χ1) is 17.7. The van der Waals surface area contributed by atoms with Crippen LogP contribution in [-0.2, 0) is 22.6 Å². The molecule has 3 aromatic carbocycles. The lowest BCUT2D eigenvalue weighted by Crippen LogP contribution is -2.53. The van der Waals surface area contributed by atoms with Crippen LogP contribution in [0.3, 0.4) is 0 Å². The second-order valence-electron chi connectivity index (χ2n) is 9.28. The number of halogens is 2. The second kappa shape index (κ2) is 13.5. The zero-order chi connectivity index (χ0) is 26.9. The Bertz CT molecular complexity index is 1200. The lowest BCUT2D eigenvalue weighted by atomic mass is 10.0. The minimum Gasteiger partial charge on any atom is -0.484 e. The third-order valence-electron chi connectivity index (χ3n) is 6.50. The highest BCUT2D eigenvalue weighted by atomic mass is 35.5. The molecule has 3 rings (SSSR count). The molecular formula is C30H34Cl2N2O3. The van der Waals surface area contributed by atoms with E-state index >= 15 is 0 Å².